The van der Waals surface area contributed by atoms with Crippen molar-refractivity contribution < 1.29 is 4.79 Å². The first kappa shape index (κ1) is 13.2. The monoisotopic (exact) mass is 264 g/mol. The topological polar surface area (TPSA) is 17.1 Å². The van der Waals surface area contributed by atoms with Gasteiger partial charge in [0.25, 0.3) is 0 Å². The third-order valence-corrected chi connectivity index (χ3v) is 2.97. The molecule has 0 aliphatic carbocycles. The summed E-state index contributed by atoms with van der Waals surface area (Å²) in [6.45, 7) is 2.14. The van der Waals surface area contributed by atoms with Crippen LogP contribution in [0, 0.1) is 0 Å². The van der Waals surface area contributed by atoms with Crippen LogP contribution in [-0.4, -0.2) is 16.2 Å². The lowest BCUT2D eigenvalue weighted by Gasteiger charge is -1.93. The molecular weight excluding hydrogens is 248 g/mol. The Morgan fingerprint density at radius 2 is 2.23 bits per heavy atom. The molecule has 0 saturated heterocycles. The van der Waals surface area contributed by atoms with Gasteiger partial charge in [0.15, 0.2) is 0 Å². The highest BCUT2D eigenvalue weighted by molar-refractivity contribution is 9.09. The Bertz CT molecular complexity index is 157. The van der Waals surface area contributed by atoms with Crippen molar-refractivity contribution >= 4 is 32.8 Å². The van der Waals surface area contributed by atoms with Crippen molar-refractivity contribution in [3.63, 3.8) is 0 Å². The number of hydrogen-bond acceptors (Lipinski definition) is 2. The average molecular weight is 265 g/mol. The van der Waals surface area contributed by atoms with Crippen LogP contribution in [0.25, 0.3) is 0 Å². The van der Waals surface area contributed by atoms with Crippen molar-refractivity contribution in [3.05, 3.63) is 12.2 Å². The number of thioether (sulfide) groups is 1. The van der Waals surface area contributed by atoms with E-state index in [1.54, 1.807) is 6.08 Å². The lowest BCUT2D eigenvalue weighted by molar-refractivity contribution is -0.107. The fourth-order valence-electron chi connectivity index (χ4n) is 0.740. The Hall–Kier alpha value is 0.240. The SMILES string of the molecule is CCCCSC(=O)/C=C/CCCBr. The Labute approximate surface area is 93.5 Å². The maximum atomic E-state index is 11.1. The van der Waals surface area contributed by atoms with Crippen LogP contribution in [-0.2, 0) is 4.79 Å². The fourth-order valence-corrected chi connectivity index (χ4v) is 1.89. The highest BCUT2D eigenvalue weighted by Crippen LogP contribution is 2.07. The summed E-state index contributed by atoms with van der Waals surface area (Å²) < 4.78 is 0. The van der Waals surface area contributed by atoms with Crippen LogP contribution in [0.1, 0.15) is 32.6 Å². The summed E-state index contributed by atoms with van der Waals surface area (Å²) in [5.74, 6) is 0.956. The number of unbranched alkanes of at least 4 members (excludes halogenated alkanes) is 2. The molecule has 0 aromatic heterocycles. The molecule has 13 heavy (non-hydrogen) atoms. The van der Waals surface area contributed by atoms with Crippen LogP contribution >= 0.6 is 27.7 Å². The van der Waals surface area contributed by atoms with Gasteiger partial charge in [0.1, 0.15) is 0 Å². The third-order valence-electron chi connectivity index (χ3n) is 1.50. The summed E-state index contributed by atoms with van der Waals surface area (Å²) in [7, 11) is 0. The molecular formula is C10H17BrOS. The van der Waals surface area contributed by atoms with Gasteiger partial charge in [-0.2, -0.15) is 0 Å². The molecule has 0 bridgehead atoms. The Morgan fingerprint density at radius 1 is 1.46 bits per heavy atom. The van der Waals surface area contributed by atoms with Gasteiger partial charge in [0, 0.05) is 11.1 Å². The van der Waals surface area contributed by atoms with Crippen LogP contribution in [0.15, 0.2) is 12.2 Å². The van der Waals surface area contributed by atoms with Gasteiger partial charge in [0.2, 0.25) is 5.12 Å². The predicted octanol–water partition coefficient (Wildman–Crippen LogP) is 3.78. The molecule has 0 heterocycles. The minimum absolute atomic E-state index is 0.197. The van der Waals surface area contributed by atoms with Crippen LogP contribution in [0.4, 0.5) is 0 Å². The predicted molar refractivity (Wildman–Crippen MR) is 64.5 cm³/mol. The van der Waals surface area contributed by atoms with Crippen molar-refractivity contribution in [2.24, 2.45) is 0 Å². The van der Waals surface area contributed by atoms with E-state index in [0.717, 1.165) is 36.8 Å². The molecule has 1 nitrogen and oxygen atoms in total. The van der Waals surface area contributed by atoms with Gasteiger partial charge in [-0.15, -0.1) is 0 Å². The number of carbonyl (C=O) groups is 1. The van der Waals surface area contributed by atoms with Crippen LogP contribution in [0.3, 0.4) is 0 Å². The second kappa shape index (κ2) is 10.3. The summed E-state index contributed by atoms with van der Waals surface area (Å²) >= 11 is 4.77. The maximum absolute atomic E-state index is 11.1. The van der Waals surface area contributed by atoms with E-state index < -0.39 is 0 Å². The first-order valence-corrected chi connectivity index (χ1v) is 6.81. The zero-order valence-corrected chi connectivity index (χ0v) is 10.5. The van der Waals surface area contributed by atoms with E-state index in [1.807, 2.05) is 6.08 Å². The van der Waals surface area contributed by atoms with E-state index in [1.165, 1.54) is 11.8 Å². The van der Waals surface area contributed by atoms with E-state index in [-0.39, 0.29) is 5.12 Å². The summed E-state index contributed by atoms with van der Waals surface area (Å²) in [5, 5.41) is 1.21. The molecule has 0 aromatic rings. The molecule has 0 amide bonds. The van der Waals surface area contributed by atoms with Crippen LogP contribution < -0.4 is 0 Å². The highest BCUT2D eigenvalue weighted by atomic mass is 79.9. The first-order chi connectivity index (χ1) is 6.31. The van der Waals surface area contributed by atoms with Crippen LogP contribution in [0.5, 0.6) is 0 Å². The molecule has 0 N–H and O–H groups in total. The summed E-state index contributed by atoms with van der Waals surface area (Å²) in [4.78, 5) is 11.1. The van der Waals surface area contributed by atoms with Crippen LogP contribution in [0.2, 0.25) is 0 Å². The third kappa shape index (κ3) is 10.2. The van der Waals surface area contributed by atoms with E-state index in [0.29, 0.717) is 0 Å². The minimum atomic E-state index is 0.197. The zero-order valence-electron chi connectivity index (χ0n) is 8.09. The minimum Gasteiger partial charge on any atom is -0.282 e. The molecule has 0 aliphatic rings. The van der Waals surface area contributed by atoms with Crippen molar-refractivity contribution in [2.45, 2.75) is 32.6 Å². The van der Waals surface area contributed by atoms with E-state index in [4.69, 9.17) is 0 Å². The van der Waals surface area contributed by atoms with Gasteiger partial charge in [-0.1, -0.05) is 47.1 Å². The molecule has 76 valence electrons. The molecule has 0 spiro atoms. The number of carbonyl (C=O) groups excluding carboxylic acids is 1. The lowest BCUT2D eigenvalue weighted by atomic mass is 10.3. The number of rotatable bonds is 7. The summed E-state index contributed by atoms with van der Waals surface area (Å²) in [6.07, 6.45) is 8.04. The molecule has 0 aromatic carbocycles. The molecule has 0 unspecified atom stereocenters. The zero-order chi connectivity index (χ0) is 9.94. The lowest BCUT2D eigenvalue weighted by Crippen LogP contribution is -1.87. The van der Waals surface area contributed by atoms with Gasteiger partial charge in [0.05, 0.1) is 0 Å². The summed E-state index contributed by atoms with van der Waals surface area (Å²) in [5.41, 5.74) is 0. The van der Waals surface area contributed by atoms with Gasteiger partial charge in [-0.05, 0) is 25.3 Å². The molecule has 0 radical (unpaired) electrons. The highest BCUT2D eigenvalue weighted by Gasteiger charge is 1.95. The quantitative estimate of drug-likeness (QED) is 0.396. The molecule has 0 saturated carbocycles. The van der Waals surface area contributed by atoms with Crippen molar-refractivity contribution in [2.75, 3.05) is 11.1 Å². The number of alkyl halides is 1. The van der Waals surface area contributed by atoms with Gasteiger partial charge in [-0.3, -0.25) is 4.79 Å². The van der Waals surface area contributed by atoms with Crippen molar-refractivity contribution in [3.8, 4) is 0 Å². The second-order valence-electron chi connectivity index (χ2n) is 2.75. The molecule has 0 fully saturated rings. The van der Waals surface area contributed by atoms with Gasteiger partial charge >= 0.3 is 0 Å². The first-order valence-electron chi connectivity index (χ1n) is 4.70. The Morgan fingerprint density at radius 3 is 2.85 bits per heavy atom. The van der Waals surface area contributed by atoms with E-state index in [9.17, 15) is 4.79 Å². The Balaban J connectivity index is 3.33. The van der Waals surface area contributed by atoms with Crippen molar-refractivity contribution in [1.29, 1.82) is 0 Å². The number of hydrogen-bond donors (Lipinski definition) is 0. The smallest absolute Gasteiger partial charge is 0.211 e. The van der Waals surface area contributed by atoms with Gasteiger partial charge in [-0.25, -0.2) is 0 Å². The number of allylic oxidation sites excluding steroid dienone is 1. The maximum Gasteiger partial charge on any atom is 0.211 e. The molecule has 3 heteroatoms. The van der Waals surface area contributed by atoms with E-state index >= 15 is 0 Å². The van der Waals surface area contributed by atoms with E-state index in [2.05, 4.69) is 22.9 Å². The molecule has 0 aliphatic heterocycles. The second-order valence-corrected chi connectivity index (χ2v) is 4.65. The number of halogens is 1. The standard InChI is InChI=1S/C10H17BrOS/c1-2-3-9-13-10(12)7-5-4-6-8-11/h5,7H,2-4,6,8-9H2,1H3/b7-5+. The Kier molecular flexibility index (Phi) is 10.5. The van der Waals surface area contributed by atoms with Crippen molar-refractivity contribution in [1.82, 2.24) is 0 Å². The fraction of sp³-hybridized carbons (Fsp3) is 0.700. The summed E-state index contributed by atoms with van der Waals surface area (Å²) in [6, 6.07) is 0. The average Bonchev–Trinajstić information content (AvgIpc) is 2.13. The molecule has 0 rings (SSSR count). The normalized spacial score (nSPS) is 10.9. The molecule has 0 atom stereocenters. The largest absolute Gasteiger partial charge is 0.282 e. The van der Waals surface area contributed by atoms with Gasteiger partial charge < -0.3 is 0 Å².